The Morgan fingerprint density at radius 3 is 2.59 bits per heavy atom. The lowest BCUT2D eigenvalue weighted by Gasteiger charge is -2.15. The number of rotatable bonds is 4. The van der Waals surface area contributed by atoms with Gasteiger partial charge in [-0.25, -0.2) is 9.99 Å². The molecule has 0 fully saturated rings. The van der Waals surface area contributed by atoms with Crippen molar-refractivity contribution in [3.63, 3.8) is 0 Å². The van der Waals surface area contributed by atoms with Gasteiger partial charge in [0.2, 0.25) is 5.13 Å². The second kappa shape index (κ2) is 8.57. The van der Waals surface area contributed by atoms with Crippen LogP contribution >= 0.6 is 22.9 Å². The Bertz CT molecular complexity index is 1360. The zero-order chi connectivity index (χ0) is 22.1. The Kier molecular flexibility index (Phi) is 5.47. The maximum absolute atomic E-state index is 6.26. The van der Waals surface area contributed by atoms with Gasteiger partial charge in [0.1, 0.15) is 5.75 Å². The Labute approximate surface area is 195 Å². The van der Waals surface area contributed by atoms with Gasteiger partial charge >= 0.3 is 0 Å². The number of thiazole rings is 1. The van der Waals surface area contributed by atoms with Gasteiger partial charge in [0.05, 0.1) is 28.7 Å². The normalized spacial score (nSPS) is 16.2. The van der Waals surface area contributed by atoms with Crippen LogP contribution in [0.15, 0.2) is 88.5 Å². The van der Waals surface area contributed by atoms with Gasteiger partial charge in [0.15, 0.2) is 5.84 Å². The number of hydrogen-bond acceptors (Lipinski definition) is 5. The molecule has 2 heterocycles. The summed E-state index contributed by atoms with van der Waals surface area (Å²) in [6, 6.07) is 23.5. The Balaban J connectivity index is 1.63. The quantitative estimate of drug-likeness (QED) is 0.332. The van der Waals surface area contributed by atoms with E-state index in [2.05, 4.69) is 12.1 Å². The van der Waals surface area contributed by atoms with Crippen molar-refractivity contribution in [1.29, 1.82) is 0 Å². The van der Waals surface area contributed by atoms with E-state index in [0.717, 1.165) is 38.5 Å². The summed E-state index contributed by atoms with van der Waals surface area (Å²) in [7, 11) is 1.66. The Morgan fingerprint density at radius 2 is 1.84 bits per heavy atom. The molecule has 3 aromatic carbocycles. The minimum Gasteiger partial charge on any atom is -0.497 e. The van der Waals surface area contributed by atoms with Crippen LogP contribution < -0.4 is 9.75 Å². The Morgan fingerprint density at radius 1 is 1.03 bits per heavy atom. The molecule has 5 nitrogen and oxygen atoms in total. The van der Waals surface area contributed by atoms with E-state index < -0.39 is 0 Å². The molecule has 0 radical (unpaired) electrons. The Hall–Kier alpha value is -3.48. The second-order valence-corrected chi connectivity index (χ2v) is 8.65. The lowest BCUT2D eigenvalue weighted by molar-refractivity contribution is 0.415. The molecule has 0 spiro atoms. The first-order chi connectivity index (χ1) is 15.6. The number of anilines is 1. The summed E-state index contributed by atoms with van der Waals surface area (Å²) >= 11 is 7.82. The maximum Gasteiger partial charge on any atom is 0.212 e. The van der Waals surface area contributed by atoms with Crippen molar-refractivity contribution < 1.29 is 4.74 Å². The van der Waals surface area contributed by atoms with Crippen LogP contribution in [-0.4, -0.2) is 23.6 Å². The average Bonchev–Trinajstić information content (AvgIpc) is 3.35. The average molecular weight is 459 g/mol. The fourth-order valence-electron chi connectivity index (χ4n) is 3.46. The lowest BCUT2D eigenvalue weighted by atomic mass is 10.1. The molecule has 1 aromatic heterocycles. The van der Waals surface area contributed by atoms with Gasteiger partial charge in [-0.2, -0.15) is 10.1 Å². The first-order valence-corrected chi connectivity index (χ1v) is 11.2. The van der Waals surface area contributed by atoms with Gasteiger partial charge in [0.25, 0.3) is 0 Å². The predicted molar refractivity (Wildman–Crippen MR) is 135 cm³/mol. The fraction of sp³-hybridized carbons (Fsp3) is 0.0800. The van der Waals surface area contributed by atoms with E-state index in [1.807, 2.05) is 78.7 Å². The van der Waals surface area contributed by atoms with Gasteiger partial charge in [0, 0.05) is 10.6 Å². The third kappa shape index (κ3) is 4.02. The first-order valence-electron chi connectivity index (χ1n) is 10.0. The smallest absolute Gasteiger partial charge is 0.212 e. The number of amidine groups is 1. The summed E-state index contributed by atoms with van der Waals surface area (Å²) in [6.45, 7) is 1.98. The standard InChI is InChI=1S/C25H19ClN4OS/c1-16-21(14-17-10-12-20(31-2)13-11-17)24(30(29-16)19-7-5-6-18(26)15-19)28-25-27-22-8-3-4-9-23(22)32-25/h3-15H,1-2H3/b21-14-,28-24+. The number of hydrogen-bond donors (Lipinski definition) is 0. The highest BCUT2D eigenvalue weighted by molar-refractivity contribution is 7.22. The molecular weight excluding hydrogens is 440 g/mol. The van der Waals surface area contributed by atoms with Crippen molar-refractivity contribution in [2.24, 2.45) is 10.1 Å². The fourth-order valence-corrected chi connectivity index (χ4v) is 4.48. The van der Waals surface area contributed by atoms with Gasteiger partial charge < -0.3 is 4.74 Å². The molecule has 4 aromatic rings. The number of aliphatic imine (C=N–C) groups is 1. The van der Waals surface area contributed by atoms with Crippen molar-refractivity contribution >= 4 is 61.6 Å². The SMILES string of the molecule is COc1ccc(/C=C2/C(C)=NN(c3cccc(Cl)c3)/C2=N/c2nc3ccccc3s2)cc1. The monoisotopic (exact) mass is 458 g/mol. The summed E-state index contributed by atoms with van der Waals surface area (Å²) in [5.74, 6) is 1.52. The molecule has 0 N–H and O–H groups in total. The molecule has 0 amide bonds. The van der Waals surface area contributed by atoms with E-state index in [-0.39, 0.29) is 0 Å². The zero-order valence-electron chi connectivity index (χ0n) is 17.5. The minimum absolute atomic E-state index is 0.641. The number of aromatic nitrogens is 1. The van der Waals surface area contributed by atoms with Crippen molar-refractivity contribution in [3.05, 3.63) is 89.0 Å². The molecule has 1 aliphatic heterocycles. The number of hydrazone groups is 1. The molecule has 32 heavy (non-hydrogen) atoms. The molecule has 1 aliphatic rings. The van der Waals surface area contributed by atoms with Crippen molar-refractivity contribution in [2.45, 2.75) is 6.92 Å². The van der Waals surface area contributed by atoms with Crippen LogP contribution in [0.1, 0.15) is 12.5 Å². The lowest BCUT2D eigenvalue weighted by Crippen LogP contribution is -2.21. The number of para-hydroxylation sites is 1. The van der Waals surface area contributed by atoms with Crippen LogP contribution in [-0.2, 0) is 0 Å². The molecule has 0 bridgehead atoms. The highest BCUT2D eigenvalue weighted by Crippen LogP contribution is 2.33. The number of benzene rings is 3. The number of halogens is 1. The predicted octanol–water partition coefficient (Wildman–Crippen LogP) is 6.97. The largest absolute Gasteiger partial charge is 0.497 e. The molecule has 0 aliphatic carbocycles. The highest BCUT2D eigenvalue weighted by Gasteiger charge is 2.27. The number of nitrogens with zero attached hydrogens (tertiary/aromatic N) is 4. The van der Waals surface area contributed by atoms with E-state index in [0.29, 0.717) is 16.0 Å². The molecule has 158 valence electrons. The molecular formula is C25H19ClN4OS. The number of fused-ring (bicyclic) bond motifs is 1. The summed E-state index contributed by atoms with van der Waals surface area (Å²) in [5, 5.41) is 7.93. The minimum atomic E-state index is 0.641. The molecule has 0 unspecified atom stereocenters. The third-order valence-corrected chi connectivity index (χ3v) is 6.21. The number of methoxy groups -OCH3 is 1. The van der Waals surface area contributed by atoms with Gasteiger partial charge in [-0.1, -0.05) is 53.3 Å². The molecule has 0 saturated heterocycles. The highest BCUT2D eigenvalue weighted by atomic mass is 35.5. The van der Waals surface area contributed by atoms with Crippen LogP contribution in [0.2, 0.25) is 5.02 Å². The molecule has 0 atom stereocenters. The van der Waals surface area contributed by atoms with E-state index in [1.54, 1.807) is 18.4 Å². The van der Waals surface area contributed by atoms with Gasteiger partial charge in [-0.3, -0.25) is 0 Å². The first kappa shape index (κ1) is 20.4. The summed E-state index contributed by atoms with van der Waals surface area (Å²) in [4.78, 5) is 9.64. The van der Waals surface area contributed by atoms with Gasteiger partial charge in [-0.05, 0) is 61.0 Å². The third-order valence-electron chi connectivity index (χ3n) is 5.05. The van der Waals surface area contributed by atoms with E-state index in [9.17, 15) is 0 Å². The van der Waals surface area contributed by atoms with Crippen molar-refractivity contribution in [1.82, 2.24) is 4.98 Å². The van der Waals surface area contributed by atoms with E-state index in [4.69, 9.17) is 31.4 Å². The second-order valence-electron chi connectivity index (χ2n) is 7.21. The van der Waals surface area contributed by atoms with Gasteiger partial charge in [-0.15, -0.1) is 0 Å². The molecule has 0 saturated carbocycles. The van der Waals surface area contributed by atoms with E-state index in [1.165, 1.54) is 0 Å². The van der Waals surface area contributed by atoms with Crippen LogP contribution in [0.4, 0.5) is 10.8 Å². The van der Waals surface area contributed by atoms with Crippen LogP contribution in [0.5, 0.6) is 5.75 Å². The summed E-state index contributed by atoms with van der Waals surface area (Å²) in [5.41, 5.74) is 4.59. The molecule has 5 rings (SSSR count). The van der Waals surface area contributed by atoms with Crippen molar-refractivity contribution in [3.8, 4) is 5.75 Å². The summed E-state index contributed by atoms with van der Waals surface area (Å²) < 4.78 is 6.37. The van der Waals surface area contributed by atoms with Crippen molar-refractivity contribution in [2.75, 3.05) is 12.1 Å². The topological polar surface area (TPSA) is 50.1 Å². The maximum atomic E-state index is 6.26. The number of ether oxygens (including phenoxy) is 1. The van der Waals surface area contributed by atoms with Crippen LogP contribution in [0.3, 0.4) is 0 Å². The zero-order valence-corrected chi connectivity index (χ0v) is 19.1. The van der Waals surface area contributed by atoms with Crippen LogP contribution in [0, 0.1) is 0 Å². The molecule has 7 heteroatoms. The van der Waals surface area contributed by atoms with Crippen LogP contribution in [0.25, 0.3) is 16.3 Å². The van der Waals surface area contributed by atoms with E-state index >= 15 is 0 Å². The summed E-state index contributed by atoms with van der Waals surface area (Å²) in [6.07, 6.45) is 2.08.